The highest BCUT2D eigenvalue weighted by atomic mass is 16.4. The van der Waals surface area contributed by atoms with Crippen molar-refractivity contribution in [3.05, 3.63) is 0 Å². The van der Waals surface area contributed by atoms with Gasteiger partial charge in [-0.2, -0.15) is 0 Å². The molecule has 0 spiro atoms. The number of carbonyl (C=O) groups is 2. The molecule has 0 radical (unpaired) electrons. The van der Waals surface area contributed by atoms with Gasteiger partial charge in [-0.15, -0.1) is 0 Å². The first-order valence-electron chi connectivity index (χ1n) is 8.13. The van der Waals surface area contributed by atoms with E-state index in [2.05, 4.69) is 5.32 Å². The maximum atomic E-state index is 11.2. The SMILES string of the molecule is O=CC1CCCCCCCC(C(=O)O)CCCCNC1. The third kappa shape index (κ3) is 7.63. The van der Waals surface area contributed by atoms with Crippen LogP contribution < -0.4 is 5.32 Å². The molecule has 2 unspecified atom stereocenters. The summed E-state index contributed by atoms with van der Waals surface area (Å²) in [5, 5.41) is 12.5. The van der Waals surface area contributed by atoms with Crippen LogP contribution in [-0.2, 0) is 9.59 Å². The van der Waals surface area contributed by atoms with E-state index < -0.39 is 5.97 Å². The zero-order valence-electron chi connectivity index (χ0n) is 12.5. The minimum Gasteiger partial charge on any atom is -0.481 e. The summed E-state index contributed by atoms with van der Waals surface area (Å²) >= 11 is 0. The van der Waals surface area contributed by atoms with Crippen LogP contribution in [0.4, 0.5) is 0 Å². The van der Waals surface area contributed by atoms with Gasteiger partial charge in [0.25, 0.3) is 0 Å². The Morgan fingerprint density at radius 1 is 0.950 bits per heavy atom. The van der Waals surface area contributed by atoms with Crippen LogP contribution in [0.1, 0.15) is 64.2 Å². The summed E-state index contributed by atoms with van der Waals surface area (Å²) in [4.78, 5) is 22.1. The second-order valence-electron chi connectivity index (χ2n) is 5.98. The molecule has 1 saturated heterocycles. The van der Waals surface area contributed by atoms with Gasteiger partial charge in [-0.25, -0.2) is 0 Å². The van der Waals surface area contributed by atoms with Crippen molar-refractivity contribution in [2.75, 3.05) is 13.1 Å². The lowest BCUT2D eigenvalue weighted by Crippen LogP contribution is -2.25. The Kier molecular flexibility index (Phi) is 9.29. The number of nitrogens with one attached hydrogen (secondary N) is 1. The van der Waals surface area contributed by atoms with Crippen LogP contribution in [0.15, 0.2) is 0 Å². The molecule has 1 aliphatic rings. The molecule has 1 heterocycles. The third-order valence-electron chi connectivity index (χ3n) is 4.23. The molecule has 0 bridgehead atoms. The van der Waals surface area contributed by atoms with Gasteiger partial charge < -0.3 is 15.2 Å². The highest BCUT2D eigenvalue weighted by Gasteiger charge is 2.16. The van der Waals surface area contributed by atoms with E-state index in [1.807, 2.05) is 0 Å². The molecule has 1 aliphatic heterocycles. The van der Waals surface area contributed by atoms with Crippen molar-refractivity contribution in [1.82, 2.24) is 5.32 Å². The topological polar surface area (TPSA) is 66.4 Å². The number of rotatable bonds is 2. The van der Waals surface area contributed by atoms with E-state index >= 15 is 0 Å². The van der Waals surface area contributed by atoms with Crippen molar-refractivity contribution in [3.8, 4) is 0 Å². The van der Waals surface area contributed by atoms with Crippen LogP contribution in [0, 0.1) is 11.8 Å². The van der Waals surface area contributed by atoms with Gasteiger partial charge in [0.15, 0.2) is 0 Å². The third-order valence-corrected chi connectivity index (χ3v) is 4.23. The lowest BCUT2D eigenvalue weighted by Gasteiger charge is -2.12. The molecule has 0 amide bonds. The zero-order valence-corrected chi connectivity index (χ0v) is 12.5. The molecular formula is C16H29NO3. The Labute approximate surface area is 122 Å². The van der Waals surface area contributed by atoms with Crippen molar-refractivity contribution in [2.45, 2.75) is 64.2 Å². The lowest BCUT2D eigenvalue weighted by molar-refractivity contribution is -0.142. The Morgan fingerprint density at radius 3 is 2.20 bits per heavy atom. The number of hydrogen-bond donors (Lipinski definition) is 2. The van der Waals surface area contributed by atoms with Crippen molar-refractivity contribution in [3.63, 3.8) is 0 Å². The Morgan fingerprint density at radius 2 is 1.55 bits per heavy atom. The summed E-state index contributed by atoms with van der Waals surface area (Å²) in [5.74, 6) is -0.655. The summed E-state index contributed by atoms with van der Waals surface area (Å²) in [6, 6.07) is 0. The van der Waals surface area contributed by atoms with Crippen LogP contribution in [0.5, 0.6) is 0 Å². The quantitative estimate of drug-likeness (QED) is 0.765. The highest BCUT2D eigenvalue weighted by molar-refractivity contribution is 5.69. The Bertz CT molecular complexity index is 281. The summed E-state index contributed by atoms with van der Waals surface area (Å²) in [5.41, 5.74) is 0. The number of carboxylic acids is 1. The van der Waals surface area contributed by atoms with Gasteiger partial charge in [0, 0.05) is 12.5 Å². The van der Waals surface area contributed by atoms with Crippen molar-refractivity contribution in [1.29, 1.82) is 0 Å². The second kappa shape index (κ2) is 10.8. The van der Waals surface area contributed by atoms with Gasteiger partial charge in [-0.3, -0.25) is 4.79 Å². The molecule has 116 valence electrons. The van der Waals surface area contributed by atoms with E-state index in [-0.39, 0.29) is 11.8 Å². The molecule has 2 N–H and O–H groups in total. The fourth-order valence-electron chi connectivity index (χ4n) is 2.87. The van der Waals surface area contributed by atoms with Gasteiger partial charge >= 0.3 is 5.97 Å². The maximum Gasteiger partial charge on any atom is 0.306 e. The van der Waals surface area contributed by atoms with Crippen LogP contribution in [0.25, 0.3) is 0 Å². The molecule has 20 heavy (non-hydrogen) atoms. The Balaban J connectivity index is 2.37. The predicted octanol–water partition coefficient (Wildman–Crippen LogP) is 3.01. The first kappa shape index (κ1) is 17.2. The molecular weight excluding hydrogens is 254 g/mol. The lowest BCUT2D eigenvalue weighted by atomic mass is 9.95. The summed E-state index contributed by atoms with van der Waals surface area (Å²) in [6.07, 6.45) is 11.2. The summed E-state index contributed by atoms with van der Waals surface area (Å²) in [7, 11) is 0. The van der Waals surface area contributed by atoms with Crippen molar-refractivity contribution >= 4 is 12.3 Å². The molecule has 0 aliphatic carbocycles. The van der Waals surface area contributed by atoms with E-state index in [9.17, 15) is 14.7 Å². The molecule has 1 fully saturated rings. The first-order chi connectivity index (χ1) is 9.74. The van der Waals surface area contributed by atoms with Gasteiger partial charge in [-0.1, -0.05) is 38.5 Å². The molecule has 1 rings (SSSR count). The fourth-order valence-corrected chi connectivity index (χ4v) is 2.87. The molecule has 0 saturated carbocycles. The monoisotopic (exact) mass is 283 g/mol. The predicted molar refractivity (Wildman–Crippen MR) is 79.7 cm³/mol. The fraction of sp³-hybridized carbons (Fsp3) is 0.875. The smallest absolute Gasteiger partial charge is 0.306 e. The molecule has 2 atom stereocenters. The van der Waals surface area contributed by atoms with E-state index in [0.29, 0.717) is 0 Å². The Hall–Kier alpha value is -0.900. The number of carboxylic acid groups (broad SMARTS) is 1. The second-order valence-corrected chi connectivity index (χ2v) is 5.98. The van der Waals surface area contributed by atoms with Crippen LogP contribution >= 0.6 is 0 Å². The molecule has 4 heteroatoms. The average molecular weight is 283 g/mol. The van der Waals surface area contributed by atoms with Gasteiger partial charge in [-0.05, 0) is 32.2 Å². The van der Waals surface area contributed by atoms with Crippen molar-refractivity contribution in [2.24, 2.45) is 11.8 Å². The molecule has 0 aromatic heterocycles. The number of carbonyl (C=O) groups excluding carboxylic acids is 1. The summed E-state index contributed by atoms with van der Waals surface area (Å²) in [6.45, 7) is 1.66. The molecule has 0 aromatic rings. The average Bonchev–Trinajstić information content (AvgIpc) is 2.44. The van der Waals surface area contributed by atoms with E-state index in [1.54, 1.807) is 0 Å². The van der Waals surface area contributed by atoms with E-state index in [0.717, 1.165) is 83.6 Å². The molecule has 4 nitrogen and oxygen atoms in total. The van der Waals surface area contributed by atoms with Crippen molar-refractivity contribution < 1.29 is 14.7 Å². The van der Waals surface area contributed by atoms with Gasteiger partial charge in [0.05, 0.1) is 5.92 Å². The van der Waals surface area contributed by atoms with E-state index in [4.69, 9.17) is 0 Å². The van der Waals surface area contributed by atoms with Crippen LogP contribution in [0.3, 0.4) is 0 Å². The van der Waals surface area contributed by atoms with E-state index in [1.165, 1.54) is 0 Å². The first-order valence-corrected chi connectivity index (χ1v) is 8.13. The number of hydrogen-bond acceptors (Lipinski definition) is 3. The highest BCUT2D eigenvalue weighted by Crippen LogP contribution is 2.19. The van der Waals surface area contributed by atoms with Crippen LogP contribution in [0.2, 0.25) is 0 Å². The zero-order chi connectivity index (χ0) is 14.6. The summed E-state index contributed by atoms with van der Waals surface area (Å²) < 4.78 is 0. The maximum absolute atomic E-state index is 11.2. The number of aldehydes is 1. The molecule has 0 aromatic carbocycles. The van der Waals surface area contributed by atoms with Gasteiger partial charge in [0.2, 0.25) is 0 Å². The minimum atomic E-state index is -0.636. The minimum absolute atomic E-state index is 0.145. The normalized spacial score (nSPS) is 28.0. The van der Waals surface area contributed by atoms with Crippen LogP contribution in [-0.4, -0.2) is 30.5 Å². The number of aliphatic carboxylic acids is 1. The van der Waals surface area contributed by atoms with Gasteiger partial charge in [0.1, 0.15) is 6.29 Å². The largest absolute Gasteiger partial charge is 0.481 e. The standard InChI is InChI=1S/C16H29NO3/c18-13-14-8-4-2-1-3-5-9-15(16(19)20)10-6-7-11-17-12-14/h13-15,17H,1-12H2,(H,19,20).